The lowest BCUT2D eigenvalue weighted by Gasteiger charge is -2.15. The van der Waals surface area contributed by atoms with E-state index in [9.17, 15) is 0 Å². The van der Waals surface area contributed by atoms with E-state index in [-0.39, 0.29) is 6.04 Å². The Labute approximate surface area is 110 Å². The Kier molecular flexibility index (Phi) is 3.79. The topological polar surface area (TPSA) is 24.9 Å². The number of hydrogen-bond donors (Lipinski definition) is 1. The number of nitrogens with zero attached hydrogens (tertiary/aromatic N) is 1. The lowest BCUT2D eigenvalue weighted by Crippen LogP contribution is -2.08. The fourth-order valence-corrected chi connectivity index (χ4v) is 1.94. The molecule has 3 heteroatoms. The Morgan fingerprint density at radius 2 is 2.06 bits per heavy atom. The van der Waals surface area contributed by atoms with Gasteiger partial charge < -0.3 is 5.32 Å². The predicted octanol–water partition coefficient (Wildman–Crippen LogP) is 4.33. The average Bonchev–Trinajstić information content (AvgIpc) is 2.35. The lowest BCUT2D eigenvalue weighted by molar-refractivity contribution is 0.839. The lowest BCUT2D eigenvalue weighted by atomic mass is 10.1. The summed E-state index contributed by atoms with van der Waals surface area (Å²) in [7, 11) is 0. The summed E-state index contributed by atoms with van der Waals surface area (Å²) >= 11 is 3.50. The Morgan fingerprint density at radius 1 is 1.24 bits per heavy atom. The molecule has 0 aliphatic carbocycles. The molecule has 2 nitrogen and oxygen atoms in total. The van der Waals surface area contributed by atoms with E-state index in [2.05, 4.69) is 58.3 Å². The number of anilines is 1. The zero-order valence-corrected chi connectivity index (χ0v) is 11.5. The molecule has 0 aliphatic heterocycles. The predicted molar refractivity (Wildman–Crippen MR) is 75.2 cm³/mol. The van der Waals surface area contributed by atoms with Crippen molar-refractivity contribution >= 4 is 21.6 Å². The van der Waals surface area contributed by atoms with Crippen LogP contribution in [-0.4, -0.2) is 4.98 Å². The summed E-state index contributed by atoms with van der Waals surface area (Å²) in [5.74, 6) is 0. The molecule has 1 atom stereocenters. The zero-order valence-electron chi connectivity index (χ0n) is 9.94. The van der Waals surface area contributed by atoms with Crippen LogP contribution in [0, 0.1) is 6.92 Å². The number of halogens is 1. The second-order valence-electron chi connectivity index (χ2n) is 4.08. The van der Waals surface area contributed by atoms with Gasteiger partial charge in [0.1, 0.15) is 0 Å². The maximum atomic E-state index is 4.34. The van der Waals surface area contributed by atoms with Crippen molar-refractivity contribution in [3.8, 4) is 0 Å². The molecule has 0 amide bonds. The van der Waals surface area contributed by atoms with Crippen molar-refractivity contribution in [2.45, 2.75) is 19.9 Å². The van der Waals surface area contributed by atoms with Crippen LogP contribution in [0.2, 0.25) is 0 Å². The van der Waals surface area contributed by atoms with Crippen molar-refractivity contribution in [1.29, 1.82) is 0 Å². The second-order valence-corrected chi connectivity index (χ2v) is 4.94. The third kappa shape index (κ3) is 3.07. The van der Waals surface area contributed by atoms with Gasteiger partial charge in [-0.05, 0) is 49.7 Å². The molecule has 0 spiro atoms. The van der Waals surface area contributed by atoms with E-state index in [1.165, 1.54) is 5.56 Å². The Morgan fingerprint density at radius 3 is 2.71 bits per heavy atom. The van der Waals surface area contributed by atoms with Crippen LogP contribution in [0.1, 0.15) is 24.2 Å². The molecule has 1 aromatic carbocycles. The summed E-state index contributed by atoms with van der Waals surface area (Å²) in [5.41, 5.74) is 3.39. The number of hydrogen-bond acceptors (Lipinski definition) is 2. The highest BCUT2D eigenvalue weighted by molar-refractivity contribution is 9.10. The fourth-order valence-electron chi connectivity index (χ4n) is 1.69. The highest BCUT2D eigenvalue weighted by Crippen LogP contribution is 2.23. The van der Waals surface area contributed by atoms with Gasteiger partial charge in [-0.15, -0.1) is 0 Å². The minimum Gasteiger partial charge on any atom is -0.377 e. The van der Waals surface area contributed by atoms with Crippen molar-refractivity contribution in [3.63, 3.8) is 0 Å². The molecule has 1 N–H and O–H groups in total. The van der Waals surface area contributed by atoms with Crippen LogP contribution in [0.4, 0.5) is 5.69 Å². The number of nitrogens with one attached hydrogen (secondary N) is 1. The Balaban J connectivity index is 2.13. The van der Waals surface area contributed by atoms with Crippen LogP contribution < -0.4 is 5.32 Å². The summed E-state index contributed by atoms with van der Waals surface area (Å²) in [6.07, 6.45) is 1.82. The number of aromatic nitrogens is 1. The van der Waals surface area contributed by atoms with Crippen LogP contribution in [0.25, 0.3) is 0 Å². The van der Waals surface area contributed by atoms with Gasteiger partial charge in [0.05, 0.1) is 11.7 Å². The zero-order chi connectivity index (χ0) is 12.3. The molecule has 0 saturated carbocycles. The molecule has 0 saturated heterocycles. The highest BCUT2D eigenvalue weighted by atomic mass is 79.9. The van der Waals surface area contributed by atoms with Crippen molar-refractivity contribution in [3.05, 3.63) is 58.3 Å². The third-order valence-electron chi connectivity index (χ3n) is 2.67. The summed E-state index contributed by atoms with van der Waals surface area (Å²) in [4.78, 5) is 4.34. The molecular formula is C14H15BrN2. The quantitative estimate of drug-likeness (QED) is 0.910. The average molecular weight is 291 g/mol. The molecule has 88 valence electrons. The molecule has 0 radical (unpaired) electrons. The number of pyridine rings is 1. The molecule has 2 aromatic rings. The van der Waals surface area contributed by atoms with Gasteiger partial charge in [0, 0.05) is 16.4 Å². The third-order valence-corrected chi connectivity index (χ3v) is 3.56. The molecule has 0 fully saturated rings. The van der Waals surface area contributed by atoms with Crippen LogP contribution in [-0.2, 0) is 0 Å². The van der Waals surface area contributed by atoms with Gasteiger partial charge in [0.25, 0.3) is 0 Å². The summed E-state index contributed by atoms with van der Waals surface area (Å²) in [6, 6.07) is 12.4. The monoisotopic (exact) mass is 290 g/mol. The first-order valence-corrected chi connectivity index (χ1v) is 6.40. The molecule has 0 aliphatic rings. The summed E-state index contributed by atoms with van der Waals surface area (Å²) in [5, 5.41) is 3.44. The molecule has 1 heterocycles. The van der Waals surface area contributed by atoms with Crippen molar-refractivity contribution in [2.24, 2.45) is 0 Å². The maximum absolute atomic E-state index is 4.34. The minimum atomic E-state index is 0.205. The number of rotatable bonds is 3. The minimum absolute atomic E-state index is 0.205. The second kappa shape index (κ2) is 5.32. The summed E-state index contributed by atoms with van der Waals surface area (Å²) < 4.78 is 1.13. The van der Waals surface area contributed by atoms with Crippen molar-refractivity contribution < 1.29 is 0 Å². The molecule has 1 aromatic heterocycles. The van der Waals surface area contributed by atoms with E-state index >= 15 is 0 Å². The van der Waals surface area contributed by atoms with Gasteiger partial charge in [0.2, 0.25) is 0 Å². The first-order chi connectivity index (χ1) is 8.16. The van der Waals surface area contributed by atoms with Crippen LogP contribution in [0.5, 0.6) is 0 Å². The van der Waals surface area contributed by atoms with Crippen LogP contribution in [0.15, 0.2) is 47.1 Å². The van der Waals surface area contributed by atoms with Crippen LogP contribution in [0.3, 0.4) is 0 Å². The highest BCUT2D eigenvalue weighted by Gasteiger charge is 2.06. The first-order valence-electron chi connectivity index (χ1n) is 5.60. The number of aryl methyl sites for hydroxylation is 1. The van der Waals surface area contributed by atoms with Crippen LogP contribution >= 0.6 is 15.9 Å². The fraction of sp³-hybridized carbons (Fsp3) is 0.214. The largest absolute Gasteiger partial charge is 0.377 e. The van der Waals surface area contributed by atoms with E-state index in [1.54, 1.807) is 0 Å². The van der Waals surface area contributed by atoms with Crippen molar-refractivity contribution in [1.82, 2.24) is 4.98 Å². The summed E-state index contributed by atoms with van der Waals surface area (Å²) in [6.45, 7) is 4.19. The van der Waals surface area contributed by atoms with Gasteiger partial charge in [0.15, 0.2) is 0 Å². The van der Waals surface area contributed by atoms with Gasteiger partial charge in [-0.3, -0.25) is 4.98 Å². The van der Waals surface area contributed by atoms with E-state index in [4.69, 9.17) is 0 Å². The van der Waals surface area contributed by atoms with E-state index < -0.39 is 0 Å². The SMILES string of the molecule is Cc1cc(NC(C)c2ccccn2)ccc1Br. The number of benzene rings is 1. The maximum Gasteiger partial charge on any atom is 0.0657 e. The molecule has 1 unspecified atom stereocenters. The standard InChI is InChI=1S/C14H15BrN2/c1-10-9-12(6-7-13(10)15)17-11(2)14-5-3-4-8-16-14/h3-9,11,17H,1-2H3. The van der Waals surface area contributed by atoms with Crippen molar-refractivity contribution in [2.75, 3.05) is 5.32 Å². The van der Waals surface area contributed by atoms with E-state index in [1.807, 2.05) is 24.4 Å². The van der Waals surface area contributed by atoms with Gasteiger partial charge in [-0.25, -0.2) is 0 Å². The van der Waals surface area contributed by atoms with Gasteiger partial charge >= 0.3 is 0 Å². The van der Waals surface area contributed by atoms with E-state index in [0.29, 0.717) is 0 Å². The first kappa shape index (κ1) is 12.1. The van der Waals surface area contributed by atoms with Gasteiger partial charge in [-0.2, -0.15) is 0 Å². The molecule has 17 heavy (non-hydrogen) atoms. The van der Waals surface area contributed by atoms with E-state index in [0.717, 1.165) is 15.9 Å². The molecular weight excluding hydrogens is 276 g/mol. The molecule has 2 rings (SSSR count). The Bertz CT molecular complexity index is 497. The molecule has 0 bridgehead atoms. The Hall–Kier alpha value is -1.35. The van der Waals surface area contributed by atoms with Gasteiger partial charge in [-0.1, -0.05) is 22.0 Å². The normalized spacial score (nSPS) is 12.2. The smallest absolute Gasteiger partial charge is 0.0657 e.